The molecule has 2 aromatic heterocycles. The Labute approximate surface area is 111 Å². The topological polar surface area (TPSA) is 80.0 Å². The molecule has 19 heavy (non-hydrogen) atoms. The SMILES string of the molecule is CCNc1cc(C(=O)NCc2ccno2)cc(C)n1. The third kappa shape index (κ3) is 3.54. The second-order valence-corrected chi connectivity index (χ2v) is 4.07. The van der Waals surface area contributed by atoms with Gasteiger partial charge in [-0.2, -0.15) is 0 Å². The van der Waals surface area contributed by atoms with E-state index in [1.807, 2.05) is 13.8 Å². The van der Waals surface area contributed by atoms with Gasteiger partial charge in [-0.15, -0.1) is 0 Å². The van der Waals surface area contributed by atoms with E-state index in [4.69, 9.17) is 4.52 Å². The maximum atomic E-state index is 12.0. The Kier molecular flexibility index (Phi) is 4.12. The van der Waals surface area contributed by atoms with Gasteiger partial charge in [0.2, 0.25) is 0 Å². The highest BCUT2D eigenvalue weighted by Crippen LogP contribution is 2.10. The molecule has 0 aliphatic rings. The third-order valence-corrected chi connectivity index (χ3v) is 2.49. The lowest BCUT2D eigenvalue weighted by Gasteiger charge is -2.07. The predicted molar refractivity (Wildman–Crippen MR) is 70.8 cm³/mol. The predicted octanol–water partition coefficient (Wildman–Crippen LogP) is 1.74. The van der Waals surface area contributed by atoms with E-state index in [0.29, 0.717) is 23.7 Å². The average Bonchev–Trinajstić information content (AvgIpc) is 2.88. The van der Waals surface area contributed by atoms with E-state index in [0.717, 1.165) is 12.2 Å². The van der Waals surface area contributed by atoms with Crippen LogP contribution in [-0.2, 0) is 6.54 Å². The van der Waals surface area contributed by atoms with Crippen molar-refractivity contribution in [2.75, 3.05) is 11.9 Å². The van der Waals surface area contributed by atoms with E-state index >= 15 is 0 Å². The van der Waals surface area contributed by atoms with Crippen molar-refractivity contribution in [3.05, 3.63) is 41.4 Å². The van der Waals surface area contributed by atoms with Gasteiger partial charge in [0.15, 0.2) is 5.76 Å². The zero-order chi connectivity index (χ0) is 13.7. The van der Waals surface area contributed by atoms with Crippen LogP contribution in [-0.4, -0.2) is 22.6 Å². The van der Waals surface area contributed by atoms with Gasteiger partial charge in [0.25, 0.3) is 5.91 Å². The van der Waals surface area contributed by atoms with Crippen molar-refractivity contribution in [3.63, 3.8) is 0 Å². The second kappa shape index (κ2) is 5.99. The number of aryl methyl sites for hydroxylation is 1. The van der Waals surface area contributed by atoms with Crippen LogP contribution in [0.5, 0.6) is 0 Å². The van der Waals surface area contributed by atoms with Crippen molar-refractivity contribution < 1.29 is 9.32 Å². The van der Waals surface area contributed by atoms with Crippen LogP contribution in [0.1, 0.15) is 28.7 Å². The fourth-order valence-corrected chi connectivity index (χ4v) is 1.67. The van der Waals surface area contributed by atoms with E-state index in [1.165, 1.54) is 0 Å². The van der Waals surface area contributed by atoms with Crippen LogP contribution in [0.3, 0.4) is 0 Å². The summed E-state index contributed by atoms with van der Waals surface area (Å²) in [6.45, 7) is 4.91. The Morgan fingerprint density at radius 2 is 2.26 bits per heavy atom. The molecule has 0 radical (unpaired) electrons. The molecule has 2 N–H and O–H groups in total. The number of aromatic nitrogens is 2. The molecule has 0 saturated carbocycles. The summed E-state index contributed by atoms with van der Waals surface area (Å²) in [5.41, 5.74) is 1.37. The number of amides is 1. The second-order valence-electron chi connectivity index (χ2n) is 4.07. The summed E-state index contributed by atoms with van der Waals surface area (Å²) in [5.74, 6) is 1.15. The first-order valence-corrected chi connectivity index (χ1v) is 6.09. The Morgan fingerprint density at radius 3 is 2.95 bits per heavy atom. The van der Waals surface area contributed by atoms with Crippen LogP contribution < -0.4 is 10.6 Å². The first-order valence-electron chi connectivity index (χ1n) is 6.09. The quantitative estimate of drug-likeness (QED) is 0.856. The van der Waals surface area contributed by atoms with Crippen molar-refractivity contribution in [1.29, 1.82) is 0 Å². The lowest BCUT2D eigenvalue weighted by Crippen LogP contribution is -2.23. The first kappa shape index (κ1) is 13.1. The highest BCUT2D eigenvalue weighted by atomic mass is 16.5. The smallest absolute Gasteiger partial charge is 0.251 e. The number of anilines is 1. The molecule has 6 heteroatoms. The lowest BCUT2D eigenvalue weighted by atomic mass is 10.2. The van der Waals surface area contributed by atoms with E-state index in [1.54, 1.807) is 24.4 Å². The van der Waals surface area contributed by atoms with Crippen molar-refractivity contribution in [2.45, 2.75) is 20.4 Å². The number of nitrogens with zero attached hydrogens (tertiary/aromatic N) is 2. The zero-order valence-corrected chi connectivity index (χ0v) is 10.9. The summed E-state index contributed by atoms with van der Waals surface area (Å²) < 4.78 is 4.92. The van der Waals surface area contributed by atoms with Gasteiger partial charge in [0.05, 0.1) is 12.7 Å². The summed E-state index contributed by atoms with van der Waals surface area (Å²) in [6, 6.07) is 5.19. The molecule has 0 saturated heterocycles. The minimum Gasteiger partial charge on any atom is -0.370 e. The van der Waals surface area contributed by atoms with Crippen molar-refractivity contribution >= 4 is 11.7 Å². The van der Waals surface area contributed by atoms with Crippen LogP contribution in [0.15, 0.2) is 28.9 Å². The van der Waals surface area contributed by atoms with Gasteiger partial charge < -0.3 is 15.2 Å². The number of hydrogen-bond donors (Lipinski definition) is 2. The van der Waals surface area contributed by atoms with Crippen molar-refractivity contribution in [2.24, 2.45) is 0 Å². The molecule has 0 aliphatic heterocycles. The number of carbonyl (C=O) groups is 1. The van der Waals surface area contributed by atoms with Gasteiger partial charge in [-0.3, -0.25) is 4.79 Å². The maximum Gasteiger partial charge on any atom is 0.251 e. The van der Waals surface area contributed by atoms with Crippen molar-refractivity contribution in [3.8, 4) is 0 Å². The zero-order valence-electron chi connectivity index (χ0n) is 10.9. The van der Waals surface area contributed by atoms with E-state index in [-0.39, 0.29) is 5.91 Å². The van der Waals surface area contributed by atoms with Crippen LogP contribution in [0.2, 0.25) is 0 Å². The molecule has 0 unspecified atom stereocenters. The third-order valence-electron chi connectivity index (χ3n) is 2.49. The monoisotopic (exact) mass is 260 g/mol. The molecule has 0 aliphatic carbocycles. The Hall–Kier alpha value is -2.37. The van der Waals surface area contributed by atoms with Crippen LogP contribution in [0.4, 0.5) is 5.82 Å². The summed E-state index contributed by atoms with van der Waals surface area (Å²) in [6.07, 6.45) is 1.54. The van der Waals surface area contributed by atoms with E-state index in [9.17, 15) is 4.79 Å². The fraction of sp³-hybridized carbons (Fsp3) is 0.308. The molecule has 0 aromatic carbocycles. The van der Waals surface area contributed by atoms with Crippen LogP contribution in [0, 0.1) is 6.92 Å². The molecular formula is C13H16N4O2. The minimum atomic E-state index is -0.166. The molecule has 6 nitrogen and oxygen atoms in total. The van der Waals surface area contributed by atoms with Gasteiger partial charge in [-0.25, -0.2) is 4.98 Å². The van der Waals surface area contributed by atoms with E-state index < -0.39 is 0 Å². The highest BCUT2D eigenvalue weighted by Gasteiger charge is 2.09. The Balaban J connectivity index is 2.05. The Bertz CT molecular complexity index is 552. The number of hydrogen-bond acceptors (Lipinski definition) is 5. The maximum absolute atomic E-state index is 12.0. The van der Waals surface area contributed by atoms with Crippen LogP contribution in [0.25, 0.3) is 0 Å². The fourth-order valence-electron chi connectivity index (χ4n) is 1.67. The van der Waals surface area contributed by atoms with Gasteiger partial charge in [0.1, 0.15) is 5.82 Å². The summed E-state index contributed by atoms with van der Waals surface area (Å²) in [4.78, 5) is 16.3. The molecule has 0 atom stereocenters. The molecule has 0 spiro atoms. The van der Waals surface area contributed by atoms with Crippen LogP contribution >= 0.6 is 0 Å². The molecule has 2 heterocycles. The number of carbonyl (C=O) groups excluding carboxylic acids is 1. The van der Waals surface area contributed by atoms with Gasteiger partial charge in [0, 0.05) is 23.9 Å². The summed E-state index contributed by atoms with van der Waals surface area (Å²) in [7, 11) is 0. The number of nitrogens with one attached hydrogen (secondary N) is 2. The summed E-state index contributed by atoms with van der Waals surface area (Å²) >= 11 is 0. The number of pyridine rings is 1. The van der Waals surface area contributed by atoms with Gasteiger partial charge >= 0.3 is 0 Å². The molecule has 0 fully saturated rings. The highest BCUT2D eigenvalue weighted by molar-refractivity contribution is 5.94. The molecule has 100 valence electrons. The molecule has 1 amide bonds. The minimum absolute atomic E-state index is 0.166. The van der Waals surface area contributed by atoms with Gasteiger partial charge in [-0.05, 0) is 26.0 Å². The van der Waals surface area contributed by atoms with Gasteiger partial charge in [-0.1, -0.05) is 5.16 Å². The number of rotatable bonds is 5. The molecule has 0 bridgehead atoms. The summed E-state index contributed by atoms with van der Waals surface area (Å²) in [5, 5.41) is 9.44. The Morgan fingerprint density at radius 1 is 1.42 bits per heavy atom. The van der Waals surface area contributed by atoms with E-state index in [2.05, 4.69) is 20.8 Å². The average molecular weight is 260 g/mol. The lowest BCUT2D eigenvalue weighted by molar-refractivity contribution is 0.0947. The molecule has 2 rings (SSSR count). The molecule has 2 aromatic rings. The normalized spacial score (nSPS) is 10.2. The standard InChI is InChI=1S/C13H16N4O2/c1-3-14-12-7-10(6-9(2)17-12)13(18)15-8-11-4-5-16-19-11/h4-7H,3,8H2,1-2H3,(H,14,17)(H,15,18). The first-order chi connectivity index (χ1) is 9.19. The molecular weight excluding hydrogens is 244 g/mol. The largest absolute Gasteiger partial charge is 0.370 e. The van der Waals surface area contributed by atoms with Crippen molar-refractivity contribution in [1.82, 2.24) is 15.5 Å².